The zero-order chi connectivity index (χ0) is 24.2. The van der Waals surface area contributed by atoms with Crippen LogP contribution in [-0.2, 0) is 14.2 Å². The summed E-state index contributed by atoms with van der Waals surface area (Å²) in [5.41, 5.74) is -1.84. The van der Waals surface area contributed by atoms with Crippen molar-refractivity contribution in [3.05, 3.63) is 0 Å². The van der Waals surface area contributed by atoms with Gasteiger partial charge in [-0.1, -0.05) is 27.2 Å². The monoisotopic (exact) mass is 480 g/mol. The summed E-state index contributed by atoms with van der Waals surface area (Å²) in [4.78, 5) is 0. The van der Waals surface area contributed by atoms with Gasteiger partial charge in [-0.05, 0) is 31.1 Å². The van der Waals surface area contributed by atoms with Crippen molar-refractivity contribution in [3.8, 4) is 0 Å². The van der Waals surface area contributed by atoms with Crippen molar-refractivity contribution in [1.29, 1.82) is 0 Å². The van der Waals surface area contributed by atoms with Gasteiger partial charge in [0.2, 0.25) is 0 Å². The van der Waals surface area contributed by atoms with Crippen molar-refractivity contribution in [3.63, 3.8) is 0 Å². The fraction of sp³-hybridized carbons (Fsp3) is 1.00. The molecule has 0 aromatic rings. The van der Waals surface area contributed by atoms with Crippen LogP contribution >= 0.6 is 0 Å². The maximum Gasteiger partial charge on any atom is 0.423 e. The summed E-state index contributed by atoms with van der Waals surface area (Å²) in [7, 11) is 0. The molecule has 2 saturated carbocycles. The molecule has 0 spiro atoms. The lowest BCUT2D eigenvalue weighted by atomic mass is 9.72. The van der Waals surface area contributed by atoms with Crippen molar-refractivity contribution in [2.24, 2.45) is 29.1 Å². The molecule has 32 heavy (non-hydrogen) atoms. The van der Waals surface area contributed by atoms with Crippen LogP contribution in [0.2, 0.25) is 0 Å². The standard InChI is InChI=1S/C20H30F6O6/c1-4-5-10(8(2)3)14(27)30-12-9-6-11-13(12)31-16(28)18(11,7-9)17(29)32-15(19(21,22)23)20(24,25)26/h8-17,27-29H,4-7H2,1-3H3. The van der Waals surface area contributed by atoms with Gasteiger partial charge in [0, 0.05) is 11.8 Å². The molecule has 9 unspecified atom stereocenters. The molecule has 188 valence electrons. The molecule has 0 aromatic carbocycles. The molecule has 12 heteroatoms. The molecule has 2 aliphatic carbocycles. The Morgan fingerprint density at radius 1 is 1.09 bits per heavy atom. The third kappa shape index (κ3) is 4.38. The molecule has 3 N–H and O–H groups in total. The quantitative estimate of drug-likeness (QED) is 0.347. The van der Waals surface area contributed by atoms with Crippen LogP contribution < -0.4 is 0 Å². The zero-order valence-corrected chi connectivity index (χ0v) is 17.9. The number of aliphatic hydroxyl groups is 3. The van der Waals surface area contributed by atoms with Gasteiger partial charge < -0.3 is 29.5 Å². The summed E-state index contributed by atoms with van der Waals surface area (Å²) in [6, 6.07) is 0. The molecule has 3 aliphatic rings. The molecular formula is C20H30F6O6. The van der Waals surface area contributed by atoms with Crippen molar-refractivity contribution in [2.75, 3.05) is 0 Å². The van der Waals surface area contributed by atoms with Gasteiger partial charge in [0.15, 0.2) is 18.9 Å². The molecule has 9 atom stereocenters. The summed E-state index contributed by atoms with van der Waals surface area (Å²) in [6.07, 6.45) is -21.3. The van der Waals surface area contributed by atoms with Gasteiger partial charge in [0.05, 0.1) is 17.6 Å². The van der Waals surface area contributed by atoms with Gasteiger partial charge >= 0.3 is 12.4 Å². The van der Waals surface area contributed by atoms with E-state index in [1.165, 1.54) is 0 Å². The second-order valence-corrected chi connectivity index (χ2v) is 9.51. The van der Waals surface area contributed by atoms with E-state index in [-0.39, 0.29) is 24.7 Å². The summed E-state index contributed by atoms with van der Waals surface area (Å²) < 4.78 is 92.8. The molecule has 2 bridgehead atoms. The largest absolute Gasteiger partial charge is 0.423 e. The van der Waals surface area contributed by atoms with Crippen LogP contribution in [0.3, 0.4) is 0 Å². The minimum absolute atomic E-state index is 0.106. The molecule has 1 saturated heterocycles. The van der Waals surface area contributed by atoms with E-state index >= 15 is 0 Å². The van der Waals surface area contributed by atoms with Gasteiger partial charge in [-0.3, -0.25) is 0 Å². The van der Waals surface area contributed by atoms with Crippen LogP contribution in [-0.4, -0.2) is 64.9 Å². The van der Waals surface area contributed by atoms with Gasteiger partial charge in [0.25, 0.3) is 6.10 Å². The summed E-state index contributed by atoms with van der Waals surface area (Å²) in [5.74, 6) is -1.28. The van der Waals surface area contributed by atoms with Gasteiger partial charge in [-0.2, -0.15) is 26.3 Å². The average molecular weight is 480 g/mol. The predicted molar refractivity (Wildman–Crippen MR) is 96.6 cm³/mol. The molecule has 1 heterocycles. The minimum atomic E-state index is -5.79. The highest BCUT2D eigenvalue weighted by Gasteiger charge is 2.74. The van der Waals surface area contributed by atoms with E-state index in [1.807, 2.05) is 20.8 Å². The first-order valence-corrected chi connectivity index (χ1v) is 10.8. The average Bonchev–Trinajstić information content (AvgIpc) is 3.24. The minimum Gasteiger partial charge on any atom is -0.368 e. The van der Waals surface area contributed by atoms with E-state index < -0.39 is 66.8 Å². The van der Waals surface area contributed by atoms with Crippen LogP contribution in [0, 0.1) is 29.1 Å². The topological polar surface area (TPSA) is 88.4 Å². The Hall–Kier alpha value is -0.660. The van der Waals surface area contributed by atoms with Crippen LogP contribution in [0.25, 0.3) is 0 Å². The molecule has 0 amide bonds. The number of rotatable bonds is 9. The normalized spacial score (nSPS) is 37.5. The van der Waals surface area contributed by atoms with E-state index in [9.17, 15) is 41.7 Å². The second-order valence-electron chi connectivity index (χ2n) is 9.51. The number of hydrogen-bond donors (Lipinski definition) is 3. The Morgan fingerprint density at radius 2 is 1.69 bits per heavy atom. The lowest BCUT2D eigenvalue weighted by molar-refractivity contribution is -0.369. The highest BCUT2D eigenvalue weighted by Crippen LogP contribution is 2.66. The first kappa shape index (κ1) is 26.0. The van der Waals surface area contributed by atoms with E-state index in [0.29, 0.717) is 6.42 Å². The number of aliphatic hydroxyl groups excluding tert-OH is 3. The summed E-state index contributed by atoms with van der Waals surface area (Å²) in [6.45, 7) is 5.82. The molecular weight excluding hydrogens is 450 g/mol. The molecule has 1 aliphatic heterocycles. The van der Waals surface area contributed by atoms with Crippen LogP contribution in [0.4, 0.5) is 26.3 Å². The van der Waals surface area contributed by atoms with Crippen LogP contribution in [0.15, 0.2) is 0 Å². The lowest BCUT2D eigenvalue weighted by Crippen LogP contribution is -2.54. The maximum atomic E-state index is 12.9. The Morgan fingerprint density at radius 3 is 2.19 bits per heavy atom. The summed E-state index contributed by atoms with van der Waals surface area (Å²) in [5, 5.41) is 31.4. The van der Waals surface area contributed by atoms with Gasteiger partial charge in [0.1, 0.15) is 0 Å². The molecule has 6 nitrogen and oxygen atoms in total. The van der Waals surface area contributed by atoms with Crippen molar-refractivity contribution >= 4 is 0 Å². The third-order valence-corrected chi connectivity index (χ3v) is 7.25. The van der Waals surface area contributed by atoms with E-state index in [2.05, 4.69) is 4.74 Å². The number of alkyl halides is 6. The molecule has 0 radical (unpaired) electrons. The van der Waals surface area contributed by atoms with E-state index in [1.54, 1.807) is 0 Å². The first-order valence-electron chi connectivity index (χ1n) is 10.8. The van der Waals surface area contributed by atoms with Crippen molar-refractivity contribution in [1.82, 2.24) is 0 Å². The highest BCUT2D eigenvalue weighted by atomic mass is 19.4. The van der Waals surface area contributed by atoms with Gasteiger partial charge in [-0.15, -0.1) is 0 Å². The van der Waals surface area contributed by atoms with E-state index in [0.717, 1.165) is 6.42 Å². The predicted octanol–water partition coefficient (Wildman–Crippen LogP) is 3.33. The van der Waals surface area contributed by atoms with Crippen LogP contribution in [0.1, 0.15) is 46.5 Å². The fourth-order valence-corrected chi connectivity index (χ4v) is 5.74. The van der Waals surface area contributed by atoms with Crippen molar-refractivity contribution in [2.45, 2.75) is 96.0 Å². The lowest BCUT2D eigenvalue weighted by Gasteiger charge is -2.41. The first-order chi connectivity index (χ1) is 14.6. The summed E-state index contributed by atoms with van der Waals surface area (Å²) >= 11 is 0. The number of ether oxygens (including phenoxy) is 3. The Bertz CT molecular complexity index is 643. The Kier molecular flexibility index (Phi) is 7.17. The molecule has 3 fully saturated rings. The number of hydrogen-bond acceptors (Lipinski definition) is 6. The smallest absolute Gasteiger partial charge is 0.368 e. The Labute approximate surface area is 181 Å². The SMILES string of the molecule is CCCC(C(C)C)C(O)OC1C2CC3C1OC(O)C3(C(O)OC(C(F)(F)F)C(F)(F)F)C2. The molecule has 3 rings (SSSR count). The van der Waals surface area contributed by atoms with E-state index in [4.69, 9.17) is 9.47 Å². The fourth-order valence-electron chi connectivity index (χ4n) is 5.74. The second kappa shape index (κ2) is 8.84. The Balaban J connectivity index is 1.76. The van der Waals surface area contributed by atoms with Crippen molar-refractivity contribution < 1.29 is 55.9 Å². The number of halogens is 6. The third-order valence-electron chi connectivity index (χ3n) is 7.25. The molecule has 0 aromatic heterocycles. The highest BCUT2D eigenvalue weighted by molar-refractivity contribution is 5.16. The number of fused-ring (bicyclic) bond motifs is 1. The zero-order valence-electron chi connectivity index (χ0n) is 17.9. The van der Waals surface area contributed by atoms with Gasteiger partial charge in [-0.25, -0.2) is 0 Å². The maximum absolute atomic E-state index is 12.9. The van der Waals surface area contributed by atoms with Crippen LogP contribution in [0.5, 0.6) is 0 Å².